The van der Waals surface area contributed by atoms with Gasteiger partial charge < -0.3 is 33.9 Å². The van der Waals surface area contributed by atoms with Crippen molar-refractivity contribution in [3.8, 4) is 11.5 Å². The highest BCUT2D eigenvalue weighted by molar-refractivity contribution is 6.30. The number of hydrogen-bond donors (Lipinski definition) is 2. The minimum absolute atomic E-state index is 0.229. The summed E-state index contributed by atoms with van der Waals surface area (Å²) in [4.78, 5) is 29.8. The monoisotopic (exact) mass is 694 g/mol. The lowest BCUT2D eigenvalue weighted by atomic mass is 10.1. The number of rotatable bonds is 8. The molecular weight excluding hydrogens is 664 g/mol. The fourth-order valence-corrected chi connectivity index (χ4v) is 5.69. The summed E-state index contributed by atoms with van der Waals surface area (Å²) >= 11 is 5.95. The zero-order valence-electron chi connectivity index (χ0n) is 25.8. The number of para-hydroxylation sites is 1. The minimum Gasteiger partial charge on any atom is -0.478 e. The van der Waals surface area contributed by atoms with Crippen molar-refractivity contribution in [2.75, 3.05) is 44.8 Å². The Morgan fingerprint density at radius 1 is 1.04 bits per heavy atom. The number of methoxy groups -OCH3 is 1. The first-order valence-electron chi connectivity index (χ1n) is 14.7. The molecule has 6 rings (SSSR count). The van der Waals surface area contributed by atoms with Crippen molar-refractivity contribution in [3.05, 3.63) is 82.4 Å². The Labute approximate surface area is 276 Å². The number of hydrogen-bond acceptors (Lipinski definition) is 8. The van der Waals surface area contributed by atoms with Crippen LogP contribution >= 0.6 is 11.6 Å². The van der Waals surface area contributed by atoms with Gasteiger partial charge in [-0.2, -0.15) is 13.2 Å². The molecule has 4 aromatic rings. The molecule has 16 heteroatoms. The van der Waals surface area contributed by atoms with Gasteiger partial charge in [0.05, 0.1) is 41.0 Å². The molecule has 11 nitrogen and oxygen atoms in total. The maximum atomic E-state index is 14.8. The van der Waals surface area contributed by atoms with Gasteiger partial charge in [-0.25, -0.2) is 19.0 Å². The number of alkyl halides is 3. The van der Waals surface area contributed by atoms with Gasteiger partial charge in [0.15, 0.2) is 11.5 Å². The molecule has 2 aliphatic rings. The van der Waals surface area contributed by atoms with Crippen molar-refractivity contribution in [2.24, 2.45) is 0 Å². The normalized spacial score (nSPS) is 17.7. The Kier molecular flexibility index (Phi) is 10.0. The van der Waals surface area contributed by atoms with Gasteiger partial charge in [0.25, 0.3) is 5.79 Å². The molecule has 48 heavy (non-hydrogen) atoms. The van der Waals surface area contributed by atoms with Crippen LogP contribution < -0.4 is 14.4 Å². The average Bonchev–Trinajstić information content (AvgIpc) is 3.56. The van der Waals surface area contributed by atoms with Crippen LogP contribution in [-0.4, -0.2) is 82.7 Å². The molecule has 0 spiro atoms. The number of anilines is 1. The number of halogens is 5. The number of carboxylic acid groups (broad SMARTS) is 2. The Morgan fingerprint density at radius 2 is 1.75 bits per heavy atom. The molecule has 3 heterocycles. The smallest absolute Gasteiger partial charge is 0.478 e. The second-order valence-electron chi connectivity index (χ2n) is 11.1. The van der Waals surface area contributed by atoms with E-state index >= 15 is 0 Å². The highest BCUT2D eigenvalue weighted by atomic mass is 35.5. The molecule has 3 aromatic carbocycles. The van der Waals surface area contributed by atoms with E-state index in [9.17, 15) is 27.5 Å². The van der Waals surface area contributed by atoms with E-state index in [0.29, 0.717) is 36.2 Å². The Hall–Kier alpha value is -4.60. The molecule has 0 saturated carbocycles. The molecule has 256 valence electrons. The summed E-state index contributed by atoms with van der Waals surface area (Å²) in [6.45, 7) is 6.43. The number of aromatic carboxylic acids is 1. The van der Waals surface area contributed by atoms with E-state index in [2.05, 4.69) is 9.80 Å². The van der Waals surface area contributed by atoms with E-state index in [1.165, 1.54) is 6.07 Å². The third kappa shape index (κ3) is 7.42. The van der Waals surface area contributed by atoms with Crippen LogP contribution in [-0.2, 0) is 28.4 Å². The number of fused-ring (bicyclic) bond motifs is 2. The summed E-state index contributed by atoms with van der Waals surface area (Å²) in [5, 5.41) is 16.9. The highest BCUT2D eigenvalue weighted by Gasteiger charge is 2.43. The Balaban J connectivity index is 0.000000582. The van der Waals surface area contributed by atoms with Crippen LogP contribution in [0.3, 0.4) is 0 Å². The number of carboxylic acids is 2. The second-order valence-corrected chi connectivity index (χ2v) is 11.6. The number of carbonyl (C=O) groups is 2. The number of imidazole rings is 1. The number of aliphatic carboxylic acids is 1. The molecular formula is C32H31ClF4N4O7. The maximum absolute atomic E-state index is 14.8. The van der Waals surface area contributed by atoms with E-state index in [1.54, 1.807) is 44.4 Å². The number of aromatic nitrogens is 2. The summed E-state index contributed by atoms with van der Waals surface area (Å²) in [5.74, 6) is -3.50. The van der Waals surface area contributed by atoms with Gasteiger partial charge in [-0.05, 0) is 48.5 Å². The van der Waals surface area contributed by atoms with Crippen LogP contribution in [0.4, 0.5) is 23.2 Å². The molecule has 2 N–H and O–H groups in total. The predicted molar refractivity (Wildman–Crippen MR) is 166 cm³/mol. The molecule has 0 amide bonds. The predicted octanol–water partition coefficient (Wildman–Crippen LogP) is 5.77. The number of piperazine rings is 1. The summed E-state index contributed by atoms with van der Waals surface area (Å²) in [6, 6.07) is 15.2. The van der Waals surface area contributed by atoms with Crippen LogP contribution in [0.1, 0.15) is 28.7 Å². The summed E-state index contributed by atoms with van der Waals surface area (Å²) < 4.78 is 66.3. The first-order valence-corrected chi connectivity index (χ1v) is 15.0. The molecule has 1 fully saturated rings. The zero-order valence-corrected chi connectivity index (χ0v) is 26.5. The third-order valence-electron chi connectivity index (χ3n) is 7.89. The largest absolute Gasteiger partial charge is 0.490 e. The van der Waals surface area contributed by atoms with Gasteiger partial charge in [0.1, 0.15) is 11.6 Å². The number of nitrogens with zero attached hydrogens (tertiary/aromatic N) is 4. The van der Waals surface area contributed by atoms with Crippen LogP contribution in [0, 0.1) is 5.82 Å². The first-order chi connectivity index (χ1) is 22.7. The van der Waals surface area contributed by atoms with E-state index < -0.39 is 29.7 Å². The Bertz CT molecular complexity index is 1830. The first kappa shape index (κ1) is 34.7. The van der Waals surface area contributed by atoms with Crippen LogP contribution in [0.2, 0.25) is 5.02 Å². The van der Waals surface area contributed by atoms with Gasteiger partial charge in [-0.15, -0.1) is 0 Å². The fraction of sp³-hybridized carbons (Fsp3) is 0.344. The molecule has 1 saturated heterocycles. The quantitative estimate of drug-likeness (QED) is 0.220. The average molecular weight is 695 g/mol. The topological polar surface area (TPSA) is 127 Å². The van der Waals surface area contributed by atoms with Crippen molar-refractivity contribution < 1.29 is 51.6 Å². The Morgan fingerprint density at radius 3 is 2.38 bits per heavy atom. The standard InChI is InChI=1S/C30H30ClFN4O5.C2HF3O2/c1-30(21-8-7-20(31)17-22(21)32)40-26-5-3-4-24(28(26)41-30)35-12-10-34(11-13-35)18-27-33-23-9-6-19(29(37)38)16-25(23)36(27)14-15-39-2;3-2(4,5)1(6)7/h3-9,16-17H,10-15,18H2,1-2H3,(H,37,38);(H,6,7). The van der Waals surface area contributed by atoms with E-state index in [1.807, 2.05) is 22.8 Å². The molecule has 0 bridgehead atoms. The summed E-state index contributed by atoms with van der Waals surface area (Å²) in [7, 11) is 1.64. The lowest BCUT2D eigenvalue weighted by Crippen LogP contribution is -2.46. The molecule has 1 aromatic heterocycles. The third-order valence-corrected chi connectivity index (χ3v) is 8.13. The van der Waals surface area contributed by atoms with Gasteiger partial charge in [-0.1, -0.05) is 17.7 Å². The van der Waals surface area contributed by atoms with Crippen LogP contribution in [0.5, 0.6) is 11.5 Å². The summed E-state index contributed by atoms with van der Waals surface area (Å²) in [5.41, 5.74) is 2.95. The number of ether oxygens (including phenoxy) is 3. The molecule has 0 aliphatic carbocycles. The van der Waals surface area contributed by atoms with Crippen molar-refractivity contribution >= 4 is 40.3 Å². The van der Waals surface area contributed by atoms with E-state index in [0.717, 1.165) is 48.7 Å². The molecule has 2 aliphatic heterocycles. The molecule has 1 unspecified atom stereocenters. The lowest BCUT2D eigenvalue weighted by Gasteiger charge is -2.36. The fourth-order valence-electron chi connectivity index (χ4n) is 5.53. The van der Waals surface area contributed by atoms with Crippen LogP contribution in [0.25, 0.3) is 11.0 Å². The maximum Gasteiger partial charge on any atom is 0.490 e. The van der Waals surface area contributed by atoms with Gasteiger partial charge in [-0.3, -0.25) is 4.90 Å². The highest BCUT2D eigenvalue weighted by Crippen LogP contribution is 2.50. The van der Waals surface area contributed by atoms with Gasteiger partial charge in [0.2, 0.25) is 0 Å². The van der Waals surface area contributed by atoms with Crippen molar-refractivity contribution in [1.82, 2.24) is 14.5 Å². The summed E-state index contributed by atoms with van der Waals surface area (Å²) in [6.07, 6.45) is -5.08. The molecule has 0 radical (unpaired) electrons. The minimum atomic E-state index is -5.08. The number of benzene rings is 3. The van der Waals surface area contributed by atoms with Crippen LogP contribution in [0.15, 0.2) is 54.6 Å². The van der Waals surface area contributed by atoms with E-state index in [-0.39, 0.29) is 11.1 Å². The second kappa shape index (κ2) is 13.9. The van der Waals surface area contributed by atoms with Gasteiger partial charge >= 0.3 is 18.1 Å². The van der Waals surface area contributed by atoms with Gasteiger partial charge in [0, 0.05) is 51.8 Å². The zero-order chi connectivity index (χ0) is 34.8. The van der Waals surface area contributed by atoms with Crippen molar-refractivity contribution in [2.45, 2.75) is 32.0 Å². The van der Waals surface area contributed by atoms with Crippen molar-refractivity contribution in [1.29, 1.82) is 0 Å². The SMILES string of the molecule is COCCn1c(CN2CCN(c3cccc4c3OC(C)(c3ccc(Cl)cc3F)O4)CC2)nc2ccc(C(=O)O)cc21.O=C(O)C(F)(F)F. The van der Waals surface area contributed by atoms with Crippen molar-refractivity contribution in [3.63, 3.8) is 0 Å². The molecule has 1 atom stereocenters. The van der Waals surface area contributed by atoms with E-state index in [4.69, 9.17) is 40.7 Å². The lowest BCUT2D eigenvalue weighted by molar-refractivity contribution is -0.192.